The molecule has 96 valence electrons. The topological polar surface area (TPSA) is 12.0 Å². The molecule has 1 nitrogen and oxygen atoms in total. The molecule has 1 aromatic rings. The third-order valence-corrected chi connectivity index (χ3v) is 4.39. The summed E-state index contributed by atoms with van der Waals surface area (Å²) in [6.45, 7) is 11.1. The van der Waals surface area contributed by atoms with Gasteiger partial charge in [0.2, 0.25) is 0 Å². The Hall–Kier alpha value is -0.470. The van der Waals surface area contributed by atoms with Crippen molar-refractivity contribution in [2.24, 2.45) is 0 Å². The average molecular weight is 251 g/mol. The van der Waals surface area contributed by atoms with Crippen molar-refractivity contribution in [1.29, 1.82) is 0 Å². The lowest BCUT2D eigenvalue weighted by molar-refractivity contribution is 0.656. The molecule has 1 aromatic carbocycles. The molecule has 1 atom stereocenters. The van der Waals surface area contributed by atoms with Gasteiger partial charge in [-0.1, -0.05) is 26.0 Å². The van der Waals surface area contributed by atoms with Crippen LogP contribution in [0.2, 0.25) is 0 Å². The van der Waals surface area contributed by atoms with Gasteiger partial charge in [-0.15, -0.1) is 0 Å². The molecule has 1 rings (SSSR count). The normalized spacial score (nSPS) is 13.1. The van der Waals surface area contributed by atoms with Gasteiger partial charge in [-0.2, -0.15) is 11.8 Å². The second-order valence-electron chi connectivity index (χ2n) is 5.02. The Labute approximate surface area is 110 Å². The van der Waals surface area contributed by atoms with E-state index in [0.717, 1.165) is 5.75 Å². The number of nitrogens with one attached hydrogen (secondary N) is 1. The standard InChI is InChI=1S/C15H25NS/c1-10(2)17-9-15(16-6)14-8-12(4)11(3)7-13(14)5/h7-8,10,15-16H,9H2,1-6H3. The molecule has 0 radical (unpaired) electrons. The highest BCUT2D eigenvalue weighted by Crippen LogP contribution is 2.25. The first-order valence-corrected chi connectivity index (χ1v) is 7.37. The number of aryl methyl sites for hydroxylation is 3. The van der Waals surface area contributed by atoms with Gasteiger partial charge in [0.15, 0.2) is 0 Å². The molecule has 0 aliphatic rings. The predicted octanol–water partition coefficient (Wildman–Crippen LogP) is 4.01. The van der Waals surface area contributed by atoms with Crippen molar-refractivity contribution >= 4 is 11.8 Å². The van der Waals surface area contributed by atoms with Crippen LogP contribution in [0.3, 0.4) is 0 Å². The van der Waals surface area contributed by atoms with Crippen molar-refractivity contribution in [2.45, 2.75) is 45.9 Å². The Kier molecular flexibility index (Phi) is 5.54. The van der Waals surface area contributed by atoms with Crippen LogP contribution in [0.25, 0.3) is 0 Å². The highest BCUT2D eigenvalue weighted by molar-refractivity contribution is 7.99. The summed E-state index contributed by atoms with van der Waals surface area (Å²) in [7, 11) is 2.06. The van der Waals surface area contributed by atoms with Gasteiger partial charge in [-0.3, -0.25) is 0 Å². The first-order valence-electron chi connectivity index (χ1n) is 6.32. The molecule has 0 aliphatic carbocycles. The minimum atomic E-state index is 0.460. The monoisotopic (exact) mass is 251 g/mol. The van der Waals surface area contributed by atoms with Gasteiger partial charge in [-0.25, -0.2) is 0 Å². The molecule has 0 saturated heterocycles. The van der Waals surface area contributed by atoms with E-state index in [-0.39, 0.29) is 0 Å². The van der Waals surface area contributed by atoms with Crippen LogP contribution in [0, 0.1) is 20.8 Å². The maximum Gasteiger partial charge on any atom is 0.0412 e. The minimum Gasteiger partial charge on any atom is -0.312 e. The van der Waals surface area contributed by atoms with E-state index in [1.54, 1.807) is 0 Å². The van der Waals surface area contributed by atoms with Crippen LogP contribution in [-0.2, 0) is 0 Å². The molecule has 0 amide bonds. The van der Waals surface area contributed by atoms with Crippen LogP contribution in [0.5, 0.6) is 0 Å². The van der Waals surface area contributed by atoms with Crippen molar-refractivity contribution < 1.29 is 0 Å². The second-order valence-corrected chi connectivity index (χ2v) is 6.63. The van der Waals surface area contributed by atoms with E-state index in [2.05, 4.69) is 59.1 Å². The van der Waals surface area contributed by atoms with Crippen LogP contribution >= 0.6 is 11.8 Å². The largest absolute Gasteiger partial charge is 0.312 e. The first kappa shape index (κ1) is 14.6. The summed E-state index contributed by atoms with van der Waals surface area (Å²) < 4.78 is 0. The molecule has 0 bridgehead atoms. The highest BCUT2D eigenvalue weighted by atomic mass is 32.2. The van der Waals surface area contributed by atoms with E-state index in [0.29, 0.717) is 11.3 Å². The van der Waals surface area contributed by atoms with Gasteiger partial charge < -0.3 is 5.32 Å². The Morgan fingerprint density at radius 1 is 1.06 bits per heavy atom. The molecule has 1 N–H and O–H groups in total. The summed E-state index contributed by atoms with van der Waals surface area (Å²) in [6.07, 6.45) is 0. The third kappa shape index (κ3) is 4.04. The predicted molar refractivity (Wildman–Crippen MR) is 80.0 cm³/mol. The number of thioether (sulfide) groups is 1. The number of rotatable bonds is 5. The molecular formula is C15H25NS. The van der Waals surface area contributed by atoms with E-state index in [1.807, 2.05) is 11.8 Å². The SMILES string of the molecule is CNC(CSC(C)C)c1cc(C)c(C)cc1C. The highest BCUT2D eigenvalue weighted by Gasteiger charge is 2.13. The molecule has 0 aromatic heterocycles. The van der Waals surface area contributed by atoms with Crippen molar-refractivity contribution in [3.63, 3.8) is 0 Å². The summed E-state index contributed by atoms with van der Waals surface area (Å²) in [5.74, 6) is 1.14. The van der Waals surface area contributed by atoms with Gasteiger partial charge >= 0.3 is 0 Å². The maximum absolute atomic E-state index is 3.44. The van der Waals surface area contributed by atoms with Crippen molar-refractivity contribution in [2.75, 3.05) is 12.8 Å². The maximum atomic E-state index is 3.44. The Morgan fingerprint density at radius 2 is 1.65 bits per heavy atom. The average Bonchev–Trinajstić information content (AvgIpc) is 2.25. The van der Waals surface area contributed by atoms with Gasteiger partial charge in [0.25, 0.3) is 0 Å². The molecule has 0 spiro atoms. The molecule has 0 heterocycles. The Morgan fingerprint density at radius 3 is 2.18 bits per heavy atom. The third-order valence-electron chi connectivity index (χ3n) is 3.20. The van der Waals surface area contributed by atoms with Crippen LogP contribution in [0.4, 0.5) is 0 Å². The summed E-state index contributed by atoms with van der Waals surface area (Å²) >= 11 is 2.02. The molecule has 17 heavy (non-hydrogen) atoms. The van der Waals surface area contributed by atoms with Crippen LogP contribution < -0.4 is 5.32 Å². The number of hydrogen-bond acceptors (Lipinski definition) is 2. The van der Waals surface area contributed by atoms with E-state index in [4.69, 9.17) is 0 Å². The fourth-order valence-electron chi connectivity index (χ4n) is 1.98. The van der Waals surface area contributed by atoms with Crippen LogP contribution in [-0.4, -0.2) is 18.1 Å². The zero-order chi connectivity index (χ0) is 13.0. The Balaban J connectivity index is 2.91. The quantitative estimate of drug-likeness (QED) is 0.848. The molecule has 1 unspecified atom stereocenters. The minimum absolute atomic E-state index is 0.460. The van der Waals surface area contributed by atoms with E-state index in [9.17, 15) is 0 Å². The lowest BCUT2D eigenvalue weighted by Gasteiger charge is -2.21. The Bertz CT molecular complexity index is 371. The van der Waals surface area contributed by atoms with E-state index < -0.39 is 0 Å². The summed E-state index contributed by atoms with van der Waals surface area (Å²) in [5.41, 5.74) is 5.62. The molecular weight excluding hydrogens is 226 g/mol. The van der Waals surface area contributed by atoms with Crippen LogP contribution in [0.1, 0.15) is 42.1 Å². The molecule has 0 saturated carbocycles. The second kappa shape index (κ2) is 6.46. The summed E-state index contributed by atoms with van der Waals surface area (Å²) in [4.78, 5) is 0. The fourth-order valence-corrected chi connectivity index (χ4v) is 2.90. The van der Waals surface area contributed by atoms with Crippen molar-refractivity contribution in [1.82, 2.24) is 5.32 Å². The zero-order valence-corrected chi connectivity index (χ0v) is 12.7. The molecule has 2 heteroatoms. The van der Waals surface area contributed by atoms with E-state index in [1.165, 1.54) is 22.3 Å². The van der Waals surface area contributed by atoms with Gasteiger partial charge in [0, 0.05) is 11.8 Å². The van der Waals surface area contributed by atoms with Gasteiger partial charge in [0.1, 0.15) is 0 Å². The summed E-state index contributed by atoms with van der Waals surface area (Å²) in [5, 5.41) is 4.13. The van der Waals surface area contributed by atoms with Crippen LogP contribution in [0.15, 0.2) is 12.1 Å². The molecule has 0 fully saturated rings. The van der Waals surface area contributed by atoms with Crippen molar-refractivity contribution in [3.05, 3.63) is 34.4 Å². The molecule has 0 aliphatic heterocycles. The van der Waals surface area contributed by atoms with E-state index >= 15 is 0 Å². The zero-order valence-electron chi connectivity index (χ0n) is 11.9. The van der Waals surface area contributed by atoms with Gasteiger partial charge in [0.05, 0.1) is 0 Å². The lowest BCUT2D eigenvalue weighted by Crippen LogP contribution is -2.20. The van der Waals surface area contributed by atoms with Crippen molar-refractivity contribution in [3.8, 4) is 0 Å². The van der Waals surface area contributed by atoms with Gasteiger partial charge in [-0.05, 0) is 55.3 Å². The lowest BCUT2D eigenvalue weighted by atomic mass is 9.96. The number of benzene rings is 1. The smallest absolute Gasteiger partial charge is 0.0412 e. The summed E-state index contributed by atoms with van der Waals surface area (Å²) in [6, 6.07) is 5.10. The first-order chi connectivity index (χ1) is 7.95. The number of hydrogen-bond donors (Lipinski definition) is 1. The fraction of sp³-hybridized carbons (Fsp3) is 0.600.